The van der Waals surface area contributed by atoms with Crippen LogP contribution >= 0.6 is 0 Å². The fourth-order valence-corrected chi connectivity index (χ4v) is 4.57. The summed E-state index contributed by atoms with van der Waals surface area (Å²) in [5.74, 6) is 1.66. The molecule has 3 heterocycles. The van der Waals surface area contributed by atoms with Crippen molar-refractivity contribution >= 4 is 6.41 Å². The minimum Gasteiger partial charge on any atom is -0.277 e. The lowest BCUT2D eigenvalue weighted by atomic mass is 9.91. The Morgan fingerprint density at radius 1 is 1.00 bits per heavy atom. The summed E-state index contributed by atoms with van der Waals surface area (Å²) in [6.45, 7) is 0. The van der Waals surface area contributed by atoms with Crippen LogP contribution in [0.4, 0.5) is 0 Å². The molecule has 0 N–H and O–H groups in total. The van der Waals surface area contributed by atoms with Crippen LogP contribution in [-0.4, -0.2) is 34.6 Å². The monoisotopic (exact) mass is 178 g/mol. The van der Waals surface area contributed by atoms with Gasteiger partial charge in [0.05, 0.1) is 6.04 Å². The molecule has 3 saturated heterocycles. The van der Waals surface area contributed by atoms with Gasteiger partial charge in [0.1, 0.15) is 0 Å². The number of hydrogen-bond acceptors (Lipinski definition) is 2. The fraction of sp³-hybridized carbons (Fsp3) is 0.900. The first-order chi connectivity index (χ1) is 6.42. The van der Waals surface area contributed by atoms with Crippen LogP contribution in [0.15, 0.2) is 0 Å². The van der Waals surface area contributed by atoms with Crippen LogP contribution in [0.25, 0.3) is 0 Å². The van der Waals surface area contributed by atoms with E-state index in [1.807, 2.05) is 5.01 Å². The molecule has 3 aliphatic heterocycles. The molecule has 4 fully saturated rings. The van der Waals surface area contributed by atoms with Gasteiger partial charge in [-0.15, -0.1) is 0 Å². The Labute approximate surface area is 77.7 Å². The molecule has 0 aromatic rings. The molecule has 3 heteroatoms. The maximum Gasteiger partial charge on any atom is 0.224 e. The molecule has 1 aliphatic carbocycles. The molecular formula is C10H14N2O. The van der Waals surface area contributed by atoms with E-state index in [2.05, 4.69) is 5.01 Å². The third-order valence-electron chi connectivity index (χ3n) is 4.82. The average molecular weight is 178 g/mol. The first-order valence-corrected chi connectivity index (χ1v) is 5.43. The van der Waals surface area contributed by atoms with Crippen LogP contribution in [0.2, 0.25) is 0 Å². The van der Waals surface area contributed by atoms with Crippen molar-refractivity contribution in [2.24, 2.45) is 11.8 Å². The molecule has 1 amide bonds. The molecule has 3 nitrogen and oxygen atoms in total. The van der Waals surface area contributed by atoms with E-state index in [-0.39, 0.29) is 0 Å². The number of hydrogen-bond donors (Lipinski definition) is 0. The number of carbonyl (C=O) groups excluding carboxylic acids is 1. The molecule has 4 aliphatic rings. The van der Waals surface area contributed by atoms with Gasteiger partial charge in [-0.25, -0.2) is 5.01 Å². The van der Waals surface area contributed by atoms with Crippen LogP contribution < -0.4 is 0 Å². The smallest absolute Gasteiger partial charge is 0.224 e. The molecule has 4 unspecified atom stereocenters. The molecule has 1 saturated carbocycles. The van der Waals surface area contributed by atoms with Crippen LogP contribution in [0.5, 0.6) is 0 Å². The van der Waals surface area contributed by atoms with Gasteiger partial charge in [0.2, 0.25) is 6.41 Å². The molecule has 13 heavy (non-hydrogen) atoms. The number of amides is 1. The zero-order chi connectivity index (χ0) is 8.58. The number of rotatable bonds is 1. The van der Waals surface area contributed by atoms with Gasteiger partial charge in [-0.05, 0) is 37.5 Å². The molecule has 4 rings (SSSR count). The van der Waals surface area contributed by atoms with Gasteiger partial charge in [0.25, 0.3) is 0 Å². The molecule has 0 aromatic heterocycles. The van der Waals surface area contributed by atoms with E-state index in [1.165, 1.54) is 25.7 Å². The van der Waals surface area contributed by atoms with Crippen molar-refractivity contribution in [3.05, 3.63) is 0 Å². The van der Waals surface area contributed by atoms with Crippen LogP contribution in [0.3, 0.4) is 0 Å². The zero-order valence-corrected chi connectivity index (χ0v) is 7.60. The summed E-state index contributed by atoms with van der Waals surface area (Å²) in [6, 6.07) is 2.08. The summed E-state index contributed by atoms with van der Waals surface area (Å²) >= 11 is 0. The predicted molar refractivity (Wildman–Crippen MR) is 46.6 cm³/mol. The number of hydrazine groups is 1. The van der Waals surface area contributed by atoms with Gasteiger partial charge in [0, 0.05) is 12.1 Å². The second-order valence-electron chi connectivity index (χ2n) is 4.97. The lowest BCUT2D eigenvalue weighted by Gasteiger charge is -2.25. The number of nitrogens with zero attached hydrogens (tertiary/aromatic N) is 2. The van der Waals surface area contributed by atoms with Crippen molar-refractivity contribution in [2.45, 2.75) is 43.8 Å². The Bertz CT molecular complexity index is 236. The summed E-state index contributed by atoms with van der Waals surface area (Å²) in [7, 11) is 0. The maximum absolute atomic E-state index is 11.0. The van der Waals surface area contributed by atoms with E-state index in [0.717, 1.165) is 30.3 Å². The first-order valence-electron chi connectivity index (χ1n) is 5.43. The highest BCUT2D eigenvalue weighted by molar-refractivity contribution is 5.50. The lowest BCUT2D eigenvalue weighted by Crippen LogP contribution is -2.38. The van der Waals surface area contributed by atoms with Crippen LogP contribution in [0.1, 0.15) is 25.7 Å². The lowest BCUT2D eigenvalue weighted by molar-refractivity contribution is -0.129. The van der Waals surface area contributed by atoms with Gasteiger partial charge >= 0.3 is 0 Å². The van der Waals surface area contributed by atoms with Crippen molar-refractivity contribution in [2.75, 3.05) is 0 Å². The fourth-order valence-electron chi connectivity index (χ4n) is 4.57. The Morgan fingerprint density at radius 2 is 1.62 bits per heavy atom. The standard InChI is InChI=1S/C10H14N2O/c13-5-11-10-6-1-2-7(10)9-4-3-8(6)12(9)11/h5-10H,1-4H2. The first kappa shape index (κ1) is 6.82. The molecule has 4 atom stereocenters. The summed E-state index contributed by atoms with van der Waals surface area (Å²) in [4.78, 5) is 11.0. The van der Waals surface area contributed by atoms with Gasteiger partial charge < -0.3 is 0 Å². The zero-order valence-electron chi connectivity index (χ0n) is 7.60. The van der Waals surface area contributed by atoms with E-state index >= 15 is 0 Å². The summed E-state index contributed by atoms with van der Waals surface area (Å²) < 4.78 is 0. The Morgan fingerprint density at radius 3 is 2.15 bits per heavy atom. The Hall–Kier alpha value is -0.570. The minimum atomic E-state index is 0.606. The van der Waals surface area contributed by atoms with Gasteiger partial charge in [0.15, 0.2) is 0 Å². The maximum atomic E-state index is 11.0. The Balaban J connectivity index is 1.88. The molecule has 0 aromatic carbocycles. The predicted octanol–water partition coefficient (Wildman–Crippen LogP) is 0.615. The molecule has 2 bridgehead atoms. The molecule has 70 valence electrons. The third kappa shape index (κ3) is 0.539. The summed E-state index contributed by atoms with van der Waals surface area (Å²) in [5, 5.41) is 4.45. The molecular weight excluding hydrogens is 164 g/mol. The van der Waals surface area contributed by atoms with Gasteiger partial charge in [-0.2, -0.15) is 0 Å². The average Bonchev–Trinajstić information content (AvgIpc) is 2.66. The van der Waals surface area contributed by atoms with E-state index in [0.29, 0.717) is 6.04 Å². The second-order valence-corrected chi connectivity index (χ2v) is 4.97. The van der Waals surface area contributed by atoms with Crippen molar-refractivity contribution in [1.82, 2.24) is 10.0 Å². The van der Waals surface area contributed by atoms with E-state index in [9.17, 15) is 4.79 Å². The van der Waals surface area contributed by atoms with Gasteiger partial charge in [-0.1, -0.05) is 0 Å². The largest absolute Gasteiger partial charge is 0.277 e. The van der Waals surface area contributed by atoms with E-state index in [1.54, 1.807) is 0 Å². The van der Waals surface area contributed by atoms with Crippen LogP contribution in [-0.2, 0) is 4.79 Å². The van der Waals surface area contributed by atoms with Gasteiger partial charge in [-0.3, -0.25) is 9.80 Å². The third-order valence-corrected chi connectivity index (χ3v) is 4.82. The molecule has 0 radical (unpaired) electrons. The normalized spacial score (nSPS) is 56.6. The highest BCUT2D eigenvalue weighted by Gasteiger charge is 2.66. The van der Waals surface area contributed by atoms with Crippen molar-refractivity contribution in [3.63, 3.8) is 0 Å². The van der Waals surface area contributed by atoms with Crippen molar-refractivity contribution < 1.29 is 4.79 Å². The summed E-state index contributed by atoms with van der Waals surface area (Å²) in [6.07, 6.45) is 6.50. The highest BCUT2D eigenvalue weighted by atomic mass is 16.2. The SMILES string of the molecule is O=CN1C2C3CCC2C2CCC3N21. The quantitative estimate of drug-likeness (QED) is 0.549. The van der Waals surface area contributed by atoms with Crippen molar-refractivity contribution in [1.29, 1.82) is 0 Å². The second kappa shape index (κ2) is 1.92. The van der Waals surface area contributed by atoms with E-state index in [4.69, 9.17) is 0 Å². The number of piperidine rings is 1. The topological polar surface area (TPSA) is 23.6 Å². The molecule has 0 spiro atoms. The Kier molecular flexibility index (Phi) is 1.01. The highest BCUT2D eigenvalue weighted by Crippen LogP contribution is 2.59. The van der Waals surface area contributed by atoms with Crippen molar-refractivity contribution in [3.8, 4) is 0 Å². The van der Waals surface area contributed by atoms with Crippen LogP contribution in [0, 0.1) is 11.8 Å². The van der Waals surface area contributed by atoms with E-state index < -0.39 is 0 Å². The summed E-state index contributed by atoms with van der Waals surface area (Å²) in [5.41, 5.74) is 0. The minimum absolute atomic E-state index is 0.606. The number of carbonyl (C=O) groups is 1. The number of fused-ring (bicyclic) bond motifs is 2.